The summed E-state index contributed by atoms with van der Waals surface area (Å²) in [5, 5.41) is 10.7. The molecule has 1 aliphatic rings. The highest BCUT2D eigenvalue weighted by molar-refractivity contribution is 7.88. The van der Waals surface area contributed by atoms with Crippen LogP contribution in [0.2, 0.25) is 0 Å². The summed E-state index contributed by atoms with van der Waals surface area (Å²) < 4.78 is 28.9. The predicted octanol–water partition coefficient (Wildman–Crippen LogP) is -0.0961. The van der Waals surface area contributed by atoms with Gasteiger partial charge in [-0.05, 0) is 6.42 Å². The Bertz CT molecular complexity index is 505. The molecule has 0 aliphatic carbocycles. The summed E-state index contributed by atoms with van der Waals surface area (Å²) in [5.41, 5.74) is -1.44. The molecule has 1 saturated heterocycles. The molecule has 1 fully saturated rings. The topological polar surface area (TPSA) is 87.2 Å². The molecule has 0 bridgehead atoms. The maximum Gasteiger partial charge on any atom is 0.223 e. The van der Waals surface area contributed by atoms with E-state index in [2.05, 4.69) is 0 Å². The van der Waals surface area contributed by atoms with Gasteiger partial charge in [-0.3, -0.25) is 4.79 Å². The van der Waals surface area contributed by atoms with Gasteiger partial charge in [0.05, 0.1) is 18.5 Å². The van der Waals surface area contributed by atoms with Gasteiger partial charge in [0.15, 0.2) is 0 Å². The Hall–Kier alpha value is -0.700. The number of nitrogens with zero attached hydrogens (tertiary/aromatic N) is 2. The van der Waals surface area contributed by atoms with Crippen molar-refractivity contribution < 1.29 is 23.1 Å². The van der Waals surface area contributed by atoms with Crippen molar-refractivity contribution in [3.63, 3.8) is 0 Å². The average Bonchev–Trinajstić information content (AvgIpc) is 2.38. The molecule has 0 radical (unpaired) electrons. The third kappa shape index (κ3) is 4.41. The number of likely N-dealkylation sites (tertiary alicyclic amines) is 1. The molecule has 1 N–H and O–H groups in total. The molecule has 0 spiro atoms. The summed E-state index contributed by atoms with van der Waals surface area (Å²) >= 11 is 0. The summed E-state index contributed by atoms with van der Waals surface area (Å²) in [5.74, 6) is -0.0944. The number of rotatable bonds is 6. The van der Waals surface area contributed by atoms with Crippen molar-refractivity contribution in [1.29, 1.82) is 0 Å². The van der Waals surface area contributed by atoms with Gasteiger partial charge in [0.2, 0.25) is 15.9 Å². The number of methoxy groups -OCH3 is 1. The van der Waals surface area contributed by atoms with Gasteiger partial charge in [0.25, 0.3) is 0 Å². The molecule has 0 aromatic heterocycles. The van der Waals surface area contributed by atoms with E-state index in [4.69, 9.17) is 4.74 Å². The molecule has 0 saturated carbocycles. The predicted molar refractivity (Wildman–Crippen MR) is 83.9 cm³/mol. The number of aliphatic hydroxyl groups is 1. The average molecular weight is 336 g/mol. The van der Waals surface area contributed by atoms with Crippen LogP contribution in [0.5, 0.6) is 0 Å². The fourth-order valence-electron chi connectivity index (χ4n) is 2.66. The van der Waals surface area contributed by atoms with Crippen molar-refractivity contribution in [3.8, 4) is 0 Å². The molecule has 22 heavy (non-hydrogen) atoms. The maximum atomic E-state index is 12.3. The van der Waals surface area contributed by atoms with Gasteiger partial charge >= 0.3 is 0 Å². The Morgan fingerprint density at radius 2 is 2.00 bits per heavy atom. The third-order valence-corrected chi connectivity index (χ3v) is 5.90. The van der Waals surface area contributed by atoms with E-state index in [9.17, 15) is 18.3 Å². The molecule has 1 heterocycles. The Labute approximate surface area is 133 Å². The van der Waals surface area contributed by atoms with Crippen LogP contribution in [0.3, 0.4) is 0 Å². The highest BCUT2D eigenvalue weighted by Crippen LogP contribution is 2.38. The quantitative estimate of drug-likeness (QED) is 0.732. The normalized spacial score (nSPS) is 25.5. The first kappa shape index (κ1) is 19.3. The first-order chi connectivity index (χ1) is 9.93. The zero-order chi connectivity index (χ0) is 17.2. The number of hydrogen-bond acceptors (Lipinski definition) is 5. The van der Waals surface area contributed by atoms with E-state index in [1.807, 2.05) is 13.8 Å². The number of amides is 1. The highest BCUT2D eigenvalue weighted by atomic mass is 32.2. The Morgan fingerprint density at radius 1 is 1.41 bits per heavy atom. The Balaban J connectivity index is 2.64. The van der Waals surface area contributed by atoms with E-state index in [-0.39, 0.29) is 25.5 Å². The molecular formula is C14H28N2O5S. The van der Waals surface area contributed by atoms with Crippen LogP contribution in [0.15, 0.2) is 0 Å². The van der Waals surface area contributed by atoms with Gasteiger partial charge in [-0.2, -0.15) is 0 Å². The van der Waals surface area contributed by atoms with Gasteiger partial charge in [0.1, 0.15) is 0 Å². The lowest BCUT2D eigenvalue weighted by Crippen LogP contribution is -2.60. The van der Waals surface area contributed by atoms with Crippen molar-refractivity contribution in [2.75, 3.05) is 46.7 Å². The minimum Gasteiger partial charge on any atom is -0.387 e. The van der Waals surface area contributed by atoms with Crippen molar-refractivity contribution >= 4 is 15.9 Å². The standard InChI is InChI=1S/C14H28N2O5S/c1-13(2)10-16(9-7-14(13,18)11-21-4)12(17)6-8-15(3)22(5,19)20/h18H,6-11H2,1-5H3/t14-/m1/s1. The fourth-order valence-corrected chi connectivity index (χ4v) is 3.08. The second kappa shape index (κ2) is 6.82. The van der Waals surface area contributed by atoms with E-state index in [1.165, 1.54) is 11.4 Å². The van der Waals surface area contributed by atoms with Crippen molar-refractivity contribution in [2.45, 2.75) is 32.3 Å². The highest BCUT2D eigenvalue weighted by Gasteiger charge is 2.48. The second-order valence-corrected chi connectivity index (χ2v) is 8.84. The number of sulfonamides is 1. The number of carbonyl (C=O) groups is 1. The van der Waals surface area contributed by atoms with Gasteiger partial charge in [-0.15, -0.1) is 0 Å². The summed E-state index contributed by atoms with van der Waals surface area (Å²) in [6.07, 6.45) is 1.70. The molecule has 1 aliphatic heterocycles. The van der Waals surface area contributed by atoms with Gasteiger partial charge in [0, 0.05) is 45.6 Å². The zero-order valence-corrected chi connectivity index (χ0v) is 14.9. The van der Waals surface area contributed by atoms with E-state index in [1.54, 1.807) is 12.0 Å². The zero-order valence-electron chi connectivity index (χ0n) is 14.1. The summed E-state index contributed by atoms with van der Waals surface area (Å²) in [6, 6.07) is 0. The number of ether oxygens (including phenoxy) is 1. The second-order valence-electron chi connectivity index (χ2n) is 6.75. The number of carbonyl (C=O) groups excluding carboxylic acids is 1. The first-order valence-electron chi connectivity index (χ1n) is 7.33. The van der Waals surface area contributed by atoms with Crippen molar-refractivity contribution in [3.05, 3.63) is 0 Å². The molecule has 8 heteroatoms. The van der Waals surface area contributed by atoms with Crippen molar-refractivity contribution in [2.24, 2.45) is 5.41 Å². The molecule has 7 nitrogen and oxygen atoms in total. The monoisotopic (exact) mass is 336 g/mol. The Morgan fingerprint density at radius 3 is 2.45 bits per heavy atom. The number of piperidine rings is 1. The lowest BCUT2D eigenvalue weighted by Gasteiger charge is -2.50. The molecule has 1 atom stereocenters. The lowest BCUT2D eigenvalue weighted by atomic mass is 9.70. The molecule has 0 aromatic carbocycles. The smallest absolute Gasteiger partial charge is 0.223 e. The van der Waals surface area contributed by atoms with Crippen LogP contribution in [-0.2, 0) is 19.6 Å². The molecule has 130 valence electrons. The van der Waals surface area contributed by atoms with Crippen LogP contribution < -0.4 is 0 Å². The van der Waals surface area contributed by atoms with Gasteiger partial charge < -0.3 is 14.7 Å². The van der Waals surface area contributed by atoms with Crippen LogP contribution in [0.1, 0.15) is 26.7 Å². The van der Waals surface area contributed by atoms with Crippen molar-refractivity contribution in [1.82, 2.24) is 9.21 Å². The molecular weight excluding hydrogens is 308 g/mol. The minimum absolute atomic E-state index is 0.0944. The minimum atomic E-state index is -3.27. The Kier molecular flexibility index (Phi) is 6.00. The van der Waals surface area contributed by atoms with Crippen LogP contribution in [0.25, 0.3) is 0 Å². The van der Waals surface area contributed by atoms with Gasteiger partial charge in [-0.25, -0.2) is 12.7 Å². The van der Waals surface area contributed by atoms with Gasteiger partial charge in [-0.1, -0.05) is 13.8 Å². The first-order valence-corrected chi connectivity index (χ1v) is 9.18. The molecule has 1 rings (SSSR count). The summed E-state index contributed by atoms with van der Waals surface area (Å²) in [6.45, 7) is 5.09. The van der Waals surface area contributed by atoms with Crippen LogP contribution in [-0.4, -0.2) is 80.9 Å². The molecule has 0 unspecified atom stereocenters. The summed E-state index contributed by atoms with van der Waals surface area (Å²) in [7, 11) is -0.265. The largest absolute Gasteiger partial charge is 0.387 e. The van der Waals surface area contributed by atoms with E-state index in [0.717, 1.165) is 6.26 Å². The van der Waals surface area contributed by atoms with E-state index < -0.39 is 21.0 Å². The third-order valence-electron chi connectivity index (χ3n) is 4.58. The fraction of sp³-hybridized carbons (Fsp3) is 0.929. The van der Waals surface area contributed by atoms with Crippen LogP contribution >= 0.6 is 0 Å². The molecule has 0 aromatic rings. The van der Waals surface area contributed by atoms with Crippen LogP contribution in [0.4, 0.5) is 0 Å². The summed E-state index contributed by atoms with van der Waals surface area (Å²) in [4.78, 5) is 14.0. The molecule has 1 amide bonds. The maximum absolute atomic E-state index is 12.3. The number of hydrogen-bond donors (Lipinski definition) is 1. The van der Waals surface area contributed by atoms with Crippen LogP contribution in [0, 0.1) is 5.41 Å². The van der Waals surface area contributed by atoms with E-state index in [0.29, 0.717) is 19.5 Å². The lowest BCUT2D eigenvalue weighted by molar-refractivity contribution is -0.163. The van der Waals surface area contributed by atoms with E-state index >= 15 is 0 Å². The SMILES string of the molecule is COC[C@]1(O)CCN(C(=O)CCN(C)S(C)(=O)=O)CC1(C)C.